The topological polar surface area (TPSA) is 89.2 Å². The maximum absolute atomic E-state index is 11.5. The summed E-state index contributed by atoms with van der Waals surface area (Å²) >= 11 is 0. The molecular weight excluding hydrogens is 196 g/mol. The number of nitrogens with two attached hydrogens (primary N) is 1. The Balaban J connectivity index is 2.19. The molecule has 0 aliphatic carbocycles. The molecule has 0 aromatic carbocycles. The van der Waals surface area contributed by atoms with Gasteiger partial charge >= 0.3 is 0 Å². The Labute approximate surface area is 86.1 Å². The molecule has 78 valence electrons. The summed E-state index contributed by atoms with van der Waals surface area (Å²) in [6.07, 6.45) is 1.68. The second kappa shape index (κ2) is 3.64. The van der Waals surface area contributed by atoms with Crippen LogP contribution in [0.15, 0.2) is 18.3 Å². The van der Waals surface area contributed by atoms with Gasteiger partial charge in [0.2, 0.25) is 11.8 Å². The van der Waals surface area contributed by atoms with E-state index < -0.39 is 11.8 Å². The van der Waals surface area contributed by atoms with E-state index in [2.05, 4.69) is 10.2 Å². The highest BCUT2D eigenvalue weighted by atomic mass is 16.2. The summed E-state index contributed by atoms with van der Waals surface area (Å²) in [5, 5.41) is 7.48. The SMILES string of the molecule is NC(=O)C1CC(=O)N(c2cccnn2)C1. The first-order valence-electron chi connectivity index (χ1n) is 4.56. The summed E-state index contributed by atoms with van der Waals surface area (Å²) in [4.78, 5) is 23.9. The lowest BCUT2D eigenvalue weighted by atomic mass is 10.1. The number of primary amides is 1. The van der Waals surface area contributed by atoms with Gasteiger partial charge in [0.1, 0.15) is 0 Å². The number of nitrogens with zero attached hydrogens (tertiary/aromatic N) is 3. The third-order valence-electron chi connectivity index (χ3n) is 2.36. The fourth-order valence-corrected chi connectivity index (χ4v) is 1.56. The second-order valence-electron chi connectivity index (χ2n) is 3.39. The Bertz CT molecular complexity index is 392. The second-order valence-corrected chi connectivity index (χ2v) is 3.39. The predicted octanol–water partition coefficient (Wildman–Crippen LogP) is -0.685. The molecule has 0 radical (unpaired) electrons. The number of amides is 2. The van der Waals surface area contributed by atoms with E-state index in [0.717, 1.165) is 0 Å². The van der Waals surface area contributed by atoms with Crippen molar-refractivity contribution in [2.45, 2.75) is 6.42 Å². The van der Waals surface area contributed by atoms with Crippen molar-refractivity contribution in [1.82, 2.24) is 10.2 Å². The molecule has 1 saturated heterocycles. The van der Waals surface area contributed by atoms with Crippen LogP contribution in [-0.2, 0) is 9.59 Å². The molecule has 2 N–H and O–H groups in total. The number of rotatable bonds is 2. The average molecular weight is 206 g/mol. The summed E-state index contributed by atoms with van der Waals surface area (Å²) in [7, 11) is 0. The van der Waals surface area contributed by atoms with Crippen LogP contribution in [0.2, 0.25) is 0 Å². The molecule has 2 heterocycles. The molecule has 1 aromatic rings. The highest BCUT2D eigenvalue weighted by molar-refractivity contribution is 5.99. The van der Waals surface area contributed by atoms with Gasteiger partial charge in [0, 0.05) is 19.2 Å². The molecule has 0 bridgehead atoms. The molecule has 1 unspecified atom stereocenters. The van der Waals surface area contributed by atoms with Gasteiger partial charge in [-0.1, -0.05) is 0 Å². The van der Waals surface area contributed by atoms with Crippen LogP contribution in [0.5, 0.6) is 0 Å². The van der Waals surface area contributed by atoms with E-state index in [1.54, 1.807) is 12.1 Å². The monoisotopic (exact) mass is 206 g/mol. The number of carbonyl (C=O) groups is 2. The average Bonchev–Trinajstić information content (AvgIpc) is 2.62. The zero-order chi connectivity index (χ0) is 10.8. The summed E-state index contributed by atoms with van der Waals surface area (Å²) in [5.41, 5.74) is 5.15. The lowest BCUT2D eigenvalue weighted by Gasteiger charge is -2.13. The van der Waals surface area contributed by atoms with Gasteiger partial charge in [-0.2, -0.15) is 5.10 Å². The van der Waals surface area contributed by atoms with Crippen LogP contribution in [-0.4, -0.2) is 28.6 Å². The summed E-state index contributed by atoms with van der Waals surface area (Å²) in [6, 6.07) is 3.36. The van der Waals surface area contributed by atoms with Gasteiger partial charge in [-0.3, -0.25) is 14.5 Å². The van der Waals surface area contributed by atoms with Crippen molar-refractivity contribution in [2.24, 2.45) is 11.7 Å². The van der Waals surface area contributed by atoms with Gasteiger partial charge in [0.05, 0.1) is 5.92 Å². The zero-order valence-electron chi connectivity index (χ0n) is 7.96. The van der Waals surface area contributed by atoms with Gasteiger partial charge < -0.3 is 5.73 Å². The molecule has 1 aromatic heterocycles. The molecular formula is C9H10N4O2. The van der Waals surface area contributed by atoms with E-state index in [0.29, 0.717) is 12.4 Å². The van der Waals surface area contributed by atoms with E-state index in [1.807, 2.05) is 0 Å². The van der Waals surface area contributed by atoms with Crippen LogP contribution >= 0.6 is 0 Å². The normalized spacial score (nSPS) is 20.7. The van der Waals surface area contributed by atoms with E-state index in [1.165, 1.54) is 11.1 Å². The highest BCUT2D eigenvalue weighted by Gasteiger charge is 2.34. The first-order chi connectivity index (χ1) is 7.18. The summed E-state index contributed by atoms with van der Waals surface area (Å²) in [6.45, 7) is 0.298. The smallest absolute Gasteiger partial charge is 0.229 e. The van der Waals surface area contributed by atoms with Crippen LogP contribution in [0.3, 0.4) is 0 Å². The maximum Gasteiger partial charge on any atom is 0.229 e. The zero-order valence-corrected chi connectivity index (χ0v) is 7.96. The fourth-order valence-electron chi connectivity index (χ4n) is 1.56. The van der Waals surface area contributed by atoms with Crippen molar-refractivity contribution in [1.29, 1.82) is 0 Å². The highest BCUT2D eigenvalue weighted by Crippen LogP contribution is 2.22. The van der Waals surface area contributed by atoms with Crippen LogP contribution in [0.25, 0.3) is 0 Å². The maximum atomic E-state index is 11.5. The summed E-state index contributed by atoms with van der Waals surface area (Å²) < 4.78 is 0. The van der Waals surface area contributed by atoms with Gasteiger partial charge in [-0.05, 0) is 12.1 Å². The number of aromatic nitrogens is 2. The Kier molecular flexibility index (Phi) is 2.32. The van der Waals surface area contributed by atoms with Crippen LogP contribution in [0.4, 0.5) is 5.82 Å². The standard InChI is InChI=1S/C9H10N4O2/c10-9(15)6-4-8(14)13(5-6)7-2-1-3-11-12-7/h1-3,6H,4-5H2,(H2,10,15). The third kappa shape index (κ3) is 1.78. The van der Waals surface area contributed by atoms with Gasteiger partial charge in [0.15, 0.2) is 5.82 Å². The van der Waals surface area contributed by atoms with Crippen molar-refractivity contribution in [3.05, 3.63) is 18.3 Å². The lowest BCUT2D eigenvalue weighted by Crippen LogP contribution is -2.29. The first-order valence-corrected chi connectivity index (χ1v) is 4.56. The van der Waals surface area contributed by atoms with Gasteiger partial charge in [-0.15, -0.1) is 5.10 Å². The predicted molar refractivity (Wildman–Crippen MR) is 51.7 cm³/mol. The molecule has 15 heavy (non-hydrogen) atoms. The molecule has 2 amide bonds. The Morgan fingerprint density at radius 2 is 2.40 bits per heavy atom. The molecule has 1 atom stereocenters. The minimum Gasteiger partial charge on any atom is -0.369 e. The van der Waals surface area contributed by atoms with Crippen LogP contribution < -0.4 is 10.6 Å². The van der Waals surface area contributed by atoms with Crippen molar-refractivity contribution < 1.29 is 9.59 Å². The van der Waals surface area contributed by atoms with E-state index in [4.69, 9.17) is 5.73 Å². The number of anilines is 1. The molecule has 6 heteroatoms. The van der Waals surface area contributed by atoms with Crippen molar-refractivity contribution in [3.63, 3.8) is 0 Å². The molecule has 1 aliphatic rings. The number of hydrogen-bond acceptors (Lipinski definition) is 4. The number of carbonyl (C=O) groups excluding carboxylic acids is 2. The molecule has 0 saturated carbocycles. The lowest BCUT2D eigenvalue weighted by molar-refractivity contribution is -0.123. The Morgan fingerprint density at radius 1 is 1.60 bits per heavy atom. The molecule has 1 aliphatic heterocycles. The minimum absolute atomic E-state index is 0.140. The van der Waals surface area contributed by atoms with Gasteiger partial charge in [0.25, 0.3) is 0 Å². The van der Waals surface area contributed by atoms with Crippen molar-refractivity contribution >= 4 is 17.6 Å². The van der Waals surface area contributed by atoms with Crippen molar-refractivity contribution in [2.75, 3.05) is 11.4 Å². The first kappa shape index (κ1) is 9.57. The fraction of sp³-hybridized carbons (Fsp3) is 0.333. The largest absolute Gasteiger partial charge is 0.369 e. The molecule has 2 rings (SSSR count). The van der Waals surface area contributed by atoms with Crippen LogP contribution in [0.1, 0.15) is 6.42 Å². The molecule has 6 nitrogen and oxygen atoms in total. The molecule has 1 fully saturated rings. The Morgan fingerprint density at radius 3 is 2.93 bits per heavy atom. The minimum atomic E-state index is -0.449. The van der Waals surface area contributed by atoms with E-state index in [-0.39, 0.29) is 12.3 Å². The van der Waals surface area contributed by atoms with E-state index >= 15 is 0 Å². The summed E-state index contributed by atoms with van der Waals surface area (Å²) in [5.74, 6) is -0.542. The van der Waals surface area contributed by atoms with Gasteiger partial charge in [-0.25, -0.2) is 0 Å². The quantitative estimate of drug-likeness (QED) is 0.693. The van der Waals surface area contributed by atoms with Crippen LogP contribution in [0, 0.1) is 5.92 Å². The molecule has 0 spiro atoms. The third-order valence-corrected chi connectivity index (χ3v) is 2.36. The van der Waals surface area contributed by atoms with E-state index in [9.17, 15) is 9.59 Å². The number of hydrogen-bond donors (Lipinski definition) is 1. The van der Waals surface area contributed by atoms with Crippen molar-refractivity contribution in [3.8, 4) is 0 Å². The Hall–Kier alpha value is -1.98.